The Kier molecular flexibility index (Phi) is 5.37. The Morgan fingerprint density at radius 1 is 1.44 bits per heavy atom. The summed E-state index contributed by atoms with van der Waals surface area (Å²) in [7, 11) is 1.94. The average Bonchev–Trinajstić information content (AvgIpc) is 2.35. The Morgan fingerprint density at radius 3 is 2.72 bits per heavy atom. The van der Waals surface area contributed by atoms with Gasteiger partial charge in [0.2, 0.25) is 0 Å². The van der Waals surface area contributed by atoms with Gasteiger partial charge in [0.1, 0.15) is 17.5 Å². The molecule has 1 rings (SSSR count). The highest BCUT2D eigenvalue weighted by molar-refractivity contribution is 5.49. The zero-order chi connectivity index (χ0) is 13.5. The number of nitriles is 1. The van der Waals surface area contributed by atoms with Crippen LogP contribution in [0.3, 0.4) is 0 Å². The molecular weight excluding hydrogens is 226 g/mol. The van der Waals surface area contributed by atoms with E-state index in [1.807, 2.05) is 24.9 Å². The molecule has 0 spiro atoms. The second-order valence-corrected chi connectivity index (χ2v) is 4.48. The van der Waals surface area contributed by atoms with Crippen LogP contribution in [0.5, 0.6) is 0 Å². The molecule has 0 fully saturated rings. The van der Waals surface area contributed by atoms with Gasteiger partial charge in [-0.15, -0.1) is 0 Å². The third-order valence-electron chi connectivity index (χ3n) is 2.55. The molecule has 98 valence electrons. The molecule has 0 saturated heterocycles. The molecule has 0 amide bonds. The van der Waals surface area contributed by atoms with Crippen molar-refractivity contribution in [1.82, 2.24) is 9.97 Å². The molecule has 1 N–H and O–H groups in total. The van der Waals surface area contributed by atoms with Crippen molar-refractivity contribution in [3.63, 3.8) is 0 Å². The van der Waals surface area contributed by atoms with E-state index in [0.717, 1.165) is 24.0 Å². The summed E-state index contributed by atoms with van der Waals surface area (Å²) in [4.78, 5) is 11.0. The SMILES string of the molecule is CCNc1cc(N(C)CCC#N)nc(C(C)C)n1. The fraction of sp³-hybridized carbons (Fsp3) is 0.615. The van der Waals surface area contributed by atoms with E-state index in [1.165, 1.54) is 0 Å². The molecule has 18 heavy (non-hydrogen) atoms. The Bertz CT molecular complexity index is 422. The van der Waals surface area contributed by atoms with Crippen molar-refractivity contribution in [2.24, 2.45) is 0 Å². The third kappa shape index (κ3) is 3.88. The fourth-order valence-electron chi connectivity index (χ4n) is 1.51. The number of nitrogens with one attached hydrogen (secondary N) is 1. The molecule has 1 aromatic heterocycles. The van der Waals surface area contributed by atoms with Crippen LogP contribution in [0.15, 0.2) is 6.07 Å². The molecule has 0 aliphatic carbocycles. The van der Waals surface area contributed by atoms with E-state index < -0.39 is 0 Å². The van der Waals surface area contributed by atoms with Crippen molar-refractivity contribution in [2.45, 2.75) is 33.1 Å². The lowest BCUT2D eigenvalue weighted by atomic mass is 10.2. The van der Waals surface area contributed by atoms with Crippen LogP contribution in [0.1, 0.15) is 38.9 Å². The zero-order valence-corrected chi connectivity index (χ0v) is 11.6. The fourth-order valence-corrected chi connectivity index (χ4v) is 1.51. The van der Waals surface area contributed by atoms with E-state index in [9.17, 15) is 0 Å². The molecule has 0 aliphatic rings. The van der Waals surface area contributed by atoms with Crippen molar-refractivity contribution in [3.8, 4) is 6.07 Å². The molecule has 0 aromatic carbocycles. The average molecular weight is 247 g/mol. The monoisotopic (exact) mass is 247 g/mol. The molecule has 0 unspecified atom stereocenters. The van der Waals surface area contributed by atoms with Crippen LogP contribution in [-0.4, -0.2) is 30.1 Å². The summed E-state index contributed by atoms with van der Waals surface area (Å²) in [6, 6.07) is 4.07. The summed E-state index contributed by atoms with van der Waals surface area (Å²) in [6.07, 6.45) is 0.494. The summed E-state index contributed by atoms with van der Waals surface area (Å²) in [5.74, 6) is 2.81. The molecule has 0 radical (unpaired) electrons. The van der Waals surface area contributed by atoms with E-state index >= 15 is 0 Å². The minimum atomic E-state index is 0.284. The van der Waals surface area contributed by atoms with Gasteiger partial charge in [0.15, 0.2) is 0 Å². The van der Waals surface area contributed by atoms with Crippen LogP contribution in [-0.2, 0) is 0 Å². The smallest absolute Gasteiger partial charge is 0.135 e. The molecule has 0 aliphatic heterocycles. The molecule has 5 nitrogen and oxygen atoms in total. The highest BCUT2D eigenvalue weighted by atomic mass is 15.2. The van der Waals surface area contributed by atoms with Gasteiger partial charge in [0.05, 0.1) is 12.5 Å². The predicted molar refractivity (Wildman–Crippen MR) is 73.8 cm³/mol. The van der Waals surface area contributed by atoms with Gasteiger partial charge in [-0.05, 0) is 6.92 Å². The number of rotatable bonds is 6. The maximum atomic E-state index is 8.62. The topological polar surface area (TPSA) is 64.8 Å². The summed E-state index contributed by atoms with van der Waals surface area (Å²) < 4.78 is 0. The Labute approximate surface area is 109 Å². The predicted octanol–water partition coefficient (Wildman–Crippen LogP) is 2.38. The second-order valence-electron chi connectivity index (χ2n) is 4.48. The summed E-state index contributed by atoms with van der Waals surface area (Å²) in [6.45, 7) is 7.69. The highest BCUT2D eigenvalue weighted by Crippen LogP contribution is 2.19. The van der Waals surface area contributed by atoms with Crippen LogP contribution in [0.25, 0.3) is 0 Å². The maximum Gasteiger partial charge on any atom is 0.135 e. The highest BCUT2D eigenvalue weighted by Gasteiger charge is 2.10. The Balaban J connectivity index is 2.99. The second kappa shape index (κ2) is 6.80. The van der Waals surface area contributed by atoms with Gasteiger partial charge in [-0.25, -0.2) is 9.97 Å². The molecule has 1 heterocycles. The lowest BCUT2D eigenvalue weighted by molar-refractivity contribution is 0.763. The molecule has 1 aromatic rings. The van der Waals surface area contributed by atoms with Gasteiger partial charge in [-0.2, -0.15) is 5.26 Å². The number of aromatic nitrogens is 2. The molecule has 0 bridgehead atoms. The zero-order valence-electron chi connectivity index (χ0n) is 11.6. The summed E-state index contributed by atoms with van der Waals surface area (Å²) in [5.41, 5.74) is 0. The van der Waals surface area contributed by atoms with Gasteiger partial charge in [-0.1, -0.05) is 13.8 Å². The van der Waals surface area contributed by atoms with Gasteiger partial charge in [-0.3, -0.25) is 0 Å². The minimum absolute atomic E-state index is 0.284. The van der Waals surface area contributed by atoms with E-state index in [4.69, 9.17) is 5.26 Å². The molecule has 0 saturated carbocycles. The van der Waals surface area contributed by atoms with E-state index in [2.05, 4.69) is 35.2 Å². The third-order valence-corrected chi connectivity index (χ3v) is 2.55. The van der Waals surface area contributed by atoms with E-state index in [0.29, 0.717) is 13.0 Å². The van der Waals surface area contributed by atoms with Gasteiger partial charge < -0.3 is 10.2 Å². The quantitative estimate of drug-likeness (QED) is 0.836. The van der Waals surface area contributed by atoms with Crippen LogP contribution in [0.4, 0.5) is 11.6 Å². The molecular formula is C13H21N5. The largest absolute Gasteiger partial charge is 0.370 e. The summed E-state index contributed by atoms with van der Waals surface area (Å²) in [5, 5.41) is 11.8. The van der Waals surface area contributed by atoms with Gasteiger partial charge in [0.25, 0.3) is 0 Å². The lowest BCUT2D eigenvalue weighted by Gasteiger charge is -2.19. The Morgan fingerprint density at radius 2 is 2.17 bits per heavy atom. The van der Waals surface area contributed by atoms with Crippen LogP contribution in [0, 0.1) is 11.3 Å². The first-order chi connectivity index (χ1) is 8.58. The van der Waals surface area contributed by atoms with Crippen molar-refractivity contribution < 1.29 is 0 Å². The van der Waals surface area contributed by atoms with Crippen LogP contribution >= 0.6 is 0 Å². The van der Waals surface area contributed by atoms with Crippen molar-refractivity contribution >= 4 is 11.6 Å². The minimum Gasteiger partial charge on any atom is -0.370 e. The molecule has 5 heteroatoms. The van der Waals surface area contributed by atoms with Crippen LogP contribution < -0.4 is 10.2 Å². The van der Waals surface area contributed by atoms with Gasteiger partial charge in [0, 0.05) is 32.1 Å². The standard InChI is InChI=1S/C13H21N5/c1-5-15-11-9-12(18(4)8-6-7-14)17-13(16-11)10(2)3/h9-10H,5-6,8H2,1-4H3,(H,15,16,17). The first-order valence-corrected chi connectivity index (χ1v) is 6.29. The van der Waals surface area contributed by atoms with Crippen molar-refractivity contribution in [3.05, 3.63) is 11.9 Å². The number of nitrogens with zero attached hydrogens (tertiary/aromatic N) is 4. The number of anilines is 2. The van der Waals surface area contributed by atoms with Crippen molar-refractivity contribution in [1.29, 1.82) is 5.26 Å². The normalized spacial score (nSPS) is 10.2. The first kappa shape index (κ1) is 14.2. The van der Waals surface area contributed by atoms with Crippen molar-refractivity contribution in [2.75, 3.05) is 30.4 Å². The summed E-state index contributed by atoms with van der Waals surface area (Å²) >= 11 is 0. The number of hydrogen-bond donors (Lipinski definition) is 1. The van der Waals surface area contributed by atoms with E-state index in [-0.39, 0.29) is 5.92 Å². The lowest BCUT2D eigenvalue weighted by Crippen LogP contribution is -2.21. The molecule has 0 atom stereocenters. The maximum absolute atomic E-state index is 8.62. The van der Waals surface area contributed by atoms with Gasteiger partial charge >= 0.3 is 0 Å². The van der Waals surface area contributed by atoms with E-state index in [1.54, 1.807) is 0 Å². The first-order valence-electron chi connectivity index (χ1n) is 6.29. The van der Waals surface area contributed by atoms with Crippen LogP contribution in [0.2, 0.25) is 0 Å². The number of hydrogen-bond acceptors (Lipinski definition) is 5. The Hall–Kier alpha value is -1.83.